The minimum absolute atomic E-state index is 0.319. The highest BCUT2D eigenvalue weighted by molar-refractivity contribution is 6.32. The highest BCUT2D eigenvalue weighted by Gasteiger charge is 2.23. The number of nitrogens with one attached hydrogen (secondary N) is 1. The van der Waals surface area contributed by atoms with Gasteiger partial charge in [0.1, 0.15) is 17.5 Å². The van der Waals surface area contributed by atoms with Crippen LogP contribution >= 0.6 is 11.6 Å². The fraction of sp³-hybridized carbons (Fsp3) is 0.286. The lowest BCUT2D eigenvalue weighted by atomic mass is 10.2. The van der Waals surface area contributed by atoms with Crippen molar-refractivity contribution in [3.05, 3.63) is 34.9 Å². The lowest BCUT2D eigenvalue weighted by Gasteiger charge is -2.27. The first-order valence-corrected chi connectivity index (χ1v) is 7.09. The molecule has 0 radical (unpaired) electrons. The van der Waals surface area contributed by atoms with Gasteiger partial charge in [0.2, 0.25) is 0 Å². The second-order valence-corrected chi connectivity index (χ2v) is 5.20. The number of hydrogen-bond acceptors (Lipinski definition) is 5. The summed E-state index contributed by atoms with van der Waals surface area (Å²) in [7, 11) is 0. The van der Waals surface area contributed by atoms with E-state index in [4.69, 9.17) is 17.3 Å². The molecule has 0 saturated carbocycles. The van der Waals surface area contributed by atoms with E-state index in [1.54, 1.807) is 6.07 Å². The molecule has 1 aromatic heterocycles. The van der Waals surface area contributed by atoms with Crippen LogP contribution in [0.2, 0.25) is 5.02 Å². The average molecular weight is 303 g/mol. The number of nitrogens with two attached hydrogens (primary N) is 1. The van der Waals surface area contributed by atoms with Crippen LogP contribution in [0.5, 0.6) is 0 Å². The maximum Gasteiger partial charge on any atom is 0.171 e. The molecule has 108 valence electrons. The van der Waals surface area contributed by atoms with Crippen LogP contribution in [0.1, 0.15) is 5.56 Å². The number of hydrogen-bond donors (Lipinski definition) is 2. The smallest absolute Gasteiger partial charge is 0.171 e. The van der Waals surface area contributed by atoms with E-state index < -0.39 is 0 Å². The van der Waals surface area contributed by atoms with Crippen LogP contribution in [-0.2, 0) is 0 Å². The summed E-state index contributed by atoms with van der Waals surface area (Å²) in [6.07, 6.45) is 0. The summed E-state index contributed by atoms with van der Waals surface area (Å²) in [6, 6.07) is 9.46. The van der Waals surface area contributed by atoms with Crippen LogP contribution in [0.15, 0.2) is 24.3 Å². The molecule has 1 saturated heterocycles. The minimum Gasteiger partial charge on any atom is -0.382 e. The van der Waals surface area contributed by atoms with Gasteiger partial charge in [-0.2, -0.15) is 5.26 Å². The van der Waals surface area contributed by atoms with Gasteiger partial charge >= 0.3 is 0 Å². The number of halogens is 1. The summed E-state index contributed by atoms with van der Waals surface area (Å²) in [5.41, 5.74) is 7.17. The lowest BCUT2D eigenvalue weighted by molar-refractivity contribution is 0.583. The number of para-hydroxylation sites is 1. The van der Waals surface area contributed by atoms with Gasteiger partial charge in [0.05, 0.1) is 10.7 Å². The largest absolute Gasteiger partial charge is 0.382 e. The summed E-state index contributed by atoms with van der Waals surface area (Å²) in [5, 5.41) is 17.7. The zero-order valence-corrected chi connectivity index (χ0v) is 12.1. The van der Waals surface area contributed by atoms with E-state index in [0.717, 1.165) is 26.2 Å². The van der Waals surface area contributed by atoms with Gasteiger partial charge in [-0.3, -0.25) is 0 Å². The summed E-state index contributed by atoms with van der Waals surface area (Å²) >= 11 is 6.20. The molecule has 0 spiro atoms. The van der Waals surface area contributed by atoms with Gasteiger partial charge in [-0.15, -0.1) is 5.10 Å². The quantitative estimate of drug-likeness (QED) is 0.876. The Morgan fingerprint density at radius 3 is 2.67 bits per heavy atom. The molecular formula is C14H15ClN6. The van der Waals surface area contributed by atoms with E-state index in [1.165, 1.54) is 4.68 Å². The fourth-order valence-corrected chi connectivity index (χ4v) is 2.65. The topological polar surface area (TPSA) is 82.9 Å². The van der Waals surface area contributed by atoms with Crippen molar-refractivity contribution in [3.63, 3.8) is 0 Å². The molecule has 1 aliphatic rings. The number of aromatic nitrogens is 2. The molecule has 6 nitrogen and oxygen atoms in total. The molecule has 1 aliphatic heterocycles. The highest BCUT2D eigenvalue weighted by Crippen LogP contribution is 2.29. The Morgan fingerprint density at radius 1 is 1.29 bits per heavy atom. The van der Waals surface area contributed by atoms with Gasteiger partial charge in [-0.25, -0.2) is 4.68 Å². The van der Waals surface area contributed by atoms with Crippen molar-refractivity contribution >= 4 is 23.2 Å². The molecular weight excluding hydrogens is 288 g/mol. The zero-order chi connectivity index (χ0) is 14.8. The third kappa shape index (κ3) is 2.42. The first kappa shape index (κ1) is 13.7. The van der Waals surface area contributed by atoms with Crippen molar-refractivity contribution in [3.8, 4) is 11.8 Å². The van der Waals surface area contributed by atoms with Crippen molar-refractivity contribution in [1.82, 2.24) is 15.1 Å². The van der Waals surface area contributed by atoms with Crippen molar-refractivity contribution < 1.29 is 0 Å². The maximum absolute atomic E-state index is 9.40. The van der Waals surface area contributed by atoms with Crippen LogP contribution < -0.4 is 16.0 Å². The predicted molar refractivity (Wildman–Crippen MR) is 82.8 cm³/mol. The molecule has 21 heavy (non-hydrogen) atoms. The number of nitrogens with zero attached hydrogens (tertiary/aromatic N) is 4. The predicted octanol–water partition coefficient (Wildman–Crippen LogP) is 1.39. The highest BCUT2D eigenvalue weighted by atomic mass is 35.5. The Bertz CT molecular complexity index is 696. The Labute approximate surface area is 127 Å². The summed E-state index contributed by atoms with van der Waals surface area (Å²) in [6.45, 7) is 3.33. The number of benzene rings is 1. The molecule has 2 aromatic rings. The normalized spacial score (nSPS) is 15.0. The summed E-state index contributed by atoms with van der Waals surface area (Å²) < 4.78 is 1.54. The van der Waals surface area contributed by atoms with Crippen molar-refractivity contribution in [2.24, 2.45) is 0 Å². The molecule has 3 rings (SSSR count). The van der Waals surface area contributed by atoms with E-state index in [1.807, 2.05) is 18.2 Å². The molecule has 1 fully saturated rings. The molecule has 3 N–H and O–H groups in total. The van der Waals surface area contributed by atoms with Gasteiger partial charge in [0.25, 0.3) is 0 Å². The van der Waals surface area contributed by atoms with Crippen molar-refractivity contribution in [1.29, 1.82) is 5.26 Å². The van der Waals surface area contributed by atoms with Gasteiger partial charge in [0, 0.05) is 26.2 Å². The molecule has 0 aliphatic carbocycles. The first-order valence-electron chi connectivity index (χ1n) is 6.71. The Kier molecular flexibility index (Phi) is 3.69. The second-order valence-electron chi connectivity index (χ2n) is 4.80. The fourth-order valence-electron chi connectivity index (χ4n) is 2.43. The van der Waals surface area contributed by atoms with Crippen LogP contribution in [0, 0.1) is 11.3 Å². The van der Waals surface area contributed by atoms with E-state index in [9.17, 15) is 5.26 Å². The zero-order valence-electron chi connectivity index (χ0n) is 11.4. The van der Waals surface area contributed by atoms with Crippen LogP contribution in [-0.4, -0.2) is 36.0 Å². The standard InChI is InChI=1S/C14H15ClN6/c15-11-3-1-2-4-12(11)21-13(17)10(9-16)14(19-21)20-7-5-18-6-8-20/h1-4,18H,5-8,17H2. The van der Waals surface area contributed by atoms with Gasteiger partial charge in [-0.05, 0) is 12.1 Å². The Balaban J connectivity index is 2.09. The van der Waals surface area contributed by atoms with Gasteiger partial charge in [0.15, 0.2) is 5.82 Å². The minimum atomic E-state index is 0.319. The second kappa shape index (κ2) is 5.64. The molecule has 0 bridgehead atoms. The van der Waals surface area contributed by atoms with Crippen molar-refractivity contribution in [2.75, 3.05) is 36.8 Å². The average Bonchev–Trinajstić information content (AvgIpc) is 2.85. The third-order valence-electron chi connectivity index (χ3n) is 3.51. The van der Waals surface area contributed by atoms with Gasteiger partial charge < -0.3 is 16.0 Å². The van der Waals surface area contributed by atoms with Crippen LogP contribution in [0.25, 0.3) is 5.69 Å². The van der Waals surface area contributed by atoms with Crippen LogP contribution in [0.3, 0.4) is 0 Å². The SMILES string of the molecule is N#Cc1c(N2CCNCC2)nn(-c2ccccc2Cl)c1N. The van der Waals surface area contributed by atoms with E-state index in [-0.39, 0.29) is 0 Å². The molecule has 7 heteroatoms. The Hall–Kier alpha value is -2.23. The lowest BCUT2D eigenvalue weighted by Crippen LogP contribution is -2.44. The molecule has 2 heterocycles. The van der Waals surface area contributed by atoms with Crippen LogP contribution in [0.4, 0.5) is 11.6 Å². The maximum atomic E-state index is 9.40. The number of rotatable bonds is 2. The van der Waals surface area contributed by atoms with Gasteiger partial charge in [-0.1, -0.05) is 23.7 Å². The Morgan fingerprint density at radius 2 is 2.00 bits per heavy atom. The number of piperazine rings is 1. The van der Waals surface area contributed by atoms with Crippen molar-refractivity contribution in [2.45, 2.75) is 0 Å². The number of anilines is 2. The number of nitrogen functional groups attached to an aromatic ring is 1. The molecule has 0 atom stereocenters. The summed E-state index contributed by atoms with van der Waals surface area (Å²) in [4.78, 5) is 2.07. The number of nitriles is 1. The van der Waals surface area contributed by atoms with E-state index >= 15 is 0 Å². The third-order valence-corrected chi connectivity index (χ3v) is 3.83. The molecule has 1 aromatic carbocycles. The molecule has 0 amide bonds. The monoisotopic (exact) mass is 302 g/mol. The van der Waals surface area contributed by atoms with E-state index in [2.05, 4.69) is 21.4 Å². The first-order chi connectivity index (χ1) is 10.2. The summed E-state index contributed by atoms with van der Waals surface area (Å²) in [5.74, 6) is 0.940. The molecule has 0 unspecified atom stereocenters. The van der Waals surface area contributed by atoms with E-state index in [0.29, 0.717) is 27.9 Å².